The summed E-state index contributed by atoms with van der Waals surface area (Å²) >= 11 is 0. The molecule has 1 aliphatic rings. The van der Waals surface area contributed by atoms with Gasteiger partial charge in [-0.25, -0.2) is 9.18 Å². The number of halogens is 1. The van der Waals surface area contributed by atoms with E-state index in [1.807, 2.05) is 0 Å². The second kappa shape index (κ2) is 7.24. The first-order valence-electron chi connectivity index (χ1n) is 7.50. The smallest absolute Gasteiger partial charge is 0.321 e. The van der Waals surface area contributed by atoms with Crippen molar-refractivity contribution in [2.45, 2.75) is 26.7 Å². The van der Waals surface area contributed by atoms with Crippen molar-refractivity contribution in [3.63, 3.8) is 0 Å². The average molecular weight is 308 g/mol. The number of carbonyl (C=O) groups is 2. The number of piperidine rings is 1. The van der Waals surface area contributed by atoms with E-state index in [1.165, 1.54) is 17.0 Å². The molecule has 0 radical (unpaired) electrons. The summed E-state index contributed by atoms with van der Waals surface area (Å²) in [5, 5.41) is 2.56. The molecule has 1 N–H and O–H groups in total. The summed E-state index contributed by atoms with van der Waals surface area (Å²) in [7, 11) is 0. The molecule has 1 fully saturated rings. The fraction of sp³-hybridized carbons (Fsp3) is 0.500. The summed E-state index contributed by atoms with van der Waals surface area (Å²) in [4.78, 5) is 25.5. The Hall–Kier alpha value is -2.11. The monoisotopic (exact) mass is 308 g/mol. The maximum Gasteiger partial charge on any atom is 0.321 e. The van der Waals surface area contributed by atoms with Crippen LogP contribution in [0, 0.1) is 18.7 Å². The van der Waals surface area contributed by atoms with Crippen molar-refractivity contribution in [1.29, 1.82) is 0 Å². The molecule has 1 aromatic carbocycles. The third-order valence-corrected chi connectivity index (χ3v) is 3.69. The van der Waals surface area contributed by atoms with Crippen molar-refractivity contribution in [3.05, 3.63) is 29.6 Å². The van der Waals surface area contributed by atoms with Crippen LogP contribution in [0.5, 0.6) is 0 Å². The van der Waals surface area contributed by atoms with Gasteiger partial charge in [0.05, 0.1) is 18.2 Å². The van der Waals surface area contributed by atoms with Gasteiger partial charge < -0.3 is 15.0 Å². The highest BCUT2D eigenvalue weighted by molar-refractivity contribution is 5.90. The topological polar surface area (TPSA) is 58.6 Å². The number of rotatable bonds is 3. The van der Waals surface area contributed by atoms with Crippen LogP contribution < -0.4 is 5.32 Å². The number of aryl methyl sites for hydroxylation is 1. The molecule has 0 aliphatic carbocycles. The van der Waals surface area contributed by atoms with Crippen molar-refractivity contribution in [2.24, 2.45) is 5.92 Å². The number of likely N-dealkylation sites (tertiary alicyclic amines) is 1. The van der Waals surface area contributed by atoms with E-state index in [0.29, 0.717) is 26.1 Å². The molecule has 0 spiro atoms. The van der Waals surface area contributed by atoms with Crippen LogP contribution >= 0.6 is 0 Å². The van der Waals surface area contributed by atoms with Gasteiger partial charge in [0.1, 0.15) is 5.82 Å². The Bertz CT molecular complexity index is 562. The second-order valence-electron chi connectivity index (χ2n) is 5.45. The van der Waals surface area contributed by atoms with Crippen molar-refractivity contribution < 1.29 is 18.7 Å². The fourth-order valence-corrected chi connectivity index (χ4v) is 2.53. The van der Waals surface area contributed by atoms with Gasteiger partial charge in [0.2, 0.25) is 0 Å². The Morgan fingerprint density at radius 3 is 2.91 bits per heavy atom. The van der Waals surface area contributed by atoms with Gasteiger partial charge >= 0.3 is 12.0 Å². The highest BCUT2D eigenvalue weighted by Crippen LogP contribution is 2.20. The van der Waals surface area contributed by atoms with E-state index >= 15 is 0 Å². The summed E-state index contributed by atoms with van der Waals surface area (Å²) < 4.78 is 18.8. The second-order valence-corrected chi connectivity index (χ2v) is 5.45. The number of nitrogens with one attached hydrogen (secondary N) is 1. The summed E-state index contributed by atoms with van der Waals surface area (Å²) in [6.07, 6.45) is 1.44. The summed E-state index contributed by atoms with van der Waals surface area (Å²) in [6.45, 7) is 4.72. The van der Waals surface area contributed by atoms with Gasteiger partial charge in [0, 0.05) is 13.1 Å². The quantitative estimate of drug-likeness (QED) is 0.873. The van der Waals surface area contributed by atoms with E-state index < -0.39 is 11.8 Å². The maximum atomic E-state index is 13.8. The number of ether oxygens (including phenoxy) is 1. The van der Waals surface area contributed by atoms with Crippen molar-refractivity contribution >= 4 is 17.7 Å². The lowest BCUT2D eigenvalue weighted by Gasteiger charge is -2.31. The third kappa shape index (κ3) is 3.96. The van der Waals surface area contributed by atoms with Crippen molar-refractivity contribution in [2.75, 3.05) is 25.0 Å². The van der Waals surface area contributed by atoms with Crippen LogP contribution in [0.25, 0.3) is 0 Å². The molecule has 0 bridgehead atoms. The molecule has 1 unspecified atom stereocenters. The van der Waals surface area contributed by atoms with Crippen LogP contribution in [-0.4, -0.2) is 36.6 Å². The Labute approximate surface area is 129 Å². The van der Waals surface area contributed by atoms with Gasteiger partial charge in [0.25, 0.3) is 0 Å². The molecule has 2 amide bonds. The Morgan fingerprint density at radius 2 is 2.23 bits per heavy atom. The predicted molar refractivity (Wildman–Crippen MR) is 81.1 cm³/mol. The number of amides is 2. The van der Waals surface area contributed by atoms with Crippen LogP contribution in [-0.2, 0) is 9.53 Å². The number of nitrogens with zero attached hydrogens (tertiary/aromatic N) is 1. The number of carbonyl (C=O) groups excluding carboxylic acids is 2. The lowest BCUT2D eigenvalue weighted by atomic mass is 9.98. The predicted octanol–water partition coefficient (Wildman–Crippen LogP) is 2.94. The van der Waals surface area contributed by atoms with Gasteiger partial charge in [-0.3, -0.25) is 4.79 Å². The molecule has 1 heterocycles. The zero-order valence-corrected chi connectivity index (χ0v) is 12.9. The molecule has 6 heteroatoms. The first-order chi connectivity index (χ1) is 10.5. The van der Waals surface area contributed by atoms with Gasteiger partial charge in [-0.05, 0) is 44.4 Å². The normalized spacial score (nSPS) is 18.0. The lowest BCUT2D eigenvalue weighted by Crippen LogP contribution is -2.44. The molecule has 2 rings (SSSR count). The molecule has 0 aromatic heterocycles. The van der Waals surface area contributed by atoms with Gasteiger partial charge in [0.15, 0.2) is 0 Å². The largest absolute Gasteiger partial charge is 0.466 e. The van der Waals surface area contributed by atoms with Crippen molar-refractivity contribution in [3.8, 4) is 0 Å². The van der Waals surface area contributed by atoms with Crippen molar-refractivity contribution in [1.82, 2.24) is 4.90 Å². The molecule has 120 valence electrons. The number of hydrogen-bond acceptors (Lipinski definition) is 3. The lowest BCUT2D eigenvalue weighted by molar-refractivity contribution is -0.149. The Balaban J connectivity index is 1.98. The zero-order chi connectivity index (χ0) is 16.1. The minimum atomic E-state index is -0.465. The highest BCUT2D eigenvalue weighted by atomic mass is 19.1. The Morgan fingerprint density at radius 1 is 1.45 bits per heavy atom. The van der Waals surface area contributed by atoms with E-state index in [9.17, 15) is 14.0 Å². The number of benzene rings is 1. The summed E-state index contributed by atoms with van der Waals surface area (Å²) in [5.74, 6) is -1.05. The number of hydrogen-bond donors (Lipinski definition) is 1. The fourth-order valence-electron chi connectivity index (χ4n) is 2.53. The van der Waals surface area contributed by atoms with Gasteiger partial charge in [-0.15, -0.1) is 0 Å². The number of esters is 1. The molecule has 22 heavy (non-hydrogen) atoms. The maximum absolute atomic E-state index is 13.8. The molecule has 0 saturated carbocycles. The highest BCUT2D eigenvalue weighted by Gasteiger charge is 2.29. The molecule has 1 aliphatic heterocycles. The first kappa shape index (κ1) is 16.3. The number of urea groups is 1. The number of anilines is 1. The van der Waals surface area contributed by atoms with E-state index in [-0.39, 0.29) is 17.6 Å². The first-order valence-corrected chi connectivity index (χ1v) is 7.50. The average Bonchev–Trinajstić information content (AvgIpc) is 2.50. The standard InChI is InChI=1S/C16H21FN2O3/c1-3-22-15(20)12-5-4-8-19(10-12)16(21)18-14-7-6-11(2)9-13(14)17/h6-7,9,12H,3-5,8,10H2,1-2H3,(H,18,21). The third-order valence-electron chi connectivity index (χ3n) is 3.69. The van der Waals surface area contributed by atoms with Crippen LogP contribution in [0.1, 0.15) is 25.3 Å². The molecule has 1 aromatic rings. The van der Waals surface area contributed by atoms with Crippen LogP contribution in [0.3, 0.4) is 0 Å². The summed E-state index contributed by atoms with van der Waals surface area (Å²) in [5.41, 5.74) is 0.935. The minimum Gasteiger partial charge on any atom is -0.466 e. The molecule has 5 nitrogen and oxygen atoms in total. The van der Waals surface area contributed by atoms with E-state index in [2.05, 4.69) is 5.32 Å². The van der Waals surface area contributed by atoms with Crippen LogP contribution in [0.4, 0.5) is 14.9 Å². The van der Waals surface area contributed by atoms with Gasteiger partial charge in [-0.1, -0.05) is 6.07 Å². The molecule has 1 saturated heterocycles. The van der Waals surface area contributed by atoms with Crippen LogP contribution in [0.15, 0.2) is 18.2 Å². The van der Waals surface area contributed by atoms with E-state index in [4.69, 9.17) is 4.74 Å². The van der Waals surface area contributed by atoms with Gasteiger partial charge in [-0.2, -0.15) is 0 Å². The van der Waals surface area contributed by atoms with Crippen LogP contribution in [0.2, 0.25) is 0 Å². The SMILES string of the molecule is CCOC(=O)C1CCCN(C(=O)Nc2ccc(C)cc2F)C1. The zero-order valence-electron chi connectivity index (χ0n) is 12.9. The van der Waals surface area contributed by atoms with E-state index in [1.54, 1.807) is 19.9 Å². The summed E-state index contributed by atoms with van der Waals surface area (Å²) in [6, 6.07) is 4.25. The molecule has 1 atom stereocenters. The molecular formula is C16H21FN2O3. The Kier molecular flexibility index (Phi) is 5.35. The van der Waals surface area contributed by atoms with E-state index in [0.717, 1.165) is 12.0 Å². The molecular weight excluding hydrogens is 287 g/mol. The minimum absolute atomic E-state index is 0.147.